The van der Waals surface area contributed by atoms with E-state index >= 15 is 0 Å². The van der Waals surface area contributed by atoms with Crippen molar-refractivity contribution in [1.29, 1.82) is 0 Å². The average Bonchev–Trinajstić information content (AvgIpc) is 2.02. The number of benzene rings is 1. The van der Waals surface area contributed by atoms with Crippen molar-refractivity contribution in [3.8, 4) is 0 Å². The Labute approximate surface area is 79.6 Å². The minimum Gasteiger partial charge on any atom is -0.399 e. The number of hydrogen-bond acceptors (Lipinski definition) is 3. The highest BCUT2D eigenvalue weighted by atomic mass is 32.1. The lowest BCUT2D eigenvalue weighted by molar-refractivity contribution is 1.57. The van der Waals surface area contributed by atoms with Crippen LogP contribution in [-0.4, -0.2) is 0 Å². The molecule has 0 saturated heterocycles. The lowest BCUT2D eigenvalue weighted by atomic mass is 10.2. The van der Waals surface area contributed by atoms with E-state index in [4.69, 9.17) is 5.73 Å². The summed E-state index contributed by atoms with van der Waals surface area (Å²) in [6.45, 7) is 1.93. The van der Waals surface area contributed by atoms with Gasteiger partial charge >= 0.3 is 0 Å². The topological polar surface area (TPSA) is 43.1 Å². The summed E-state index contributed by atoms with van der Waals surface area (Å²) in [4.78, 5) is 12.5. The van der Waals surface area contributed by atoms with Gasteiger partial charge in [-0.1, -0.05) is 0 Å². The van der Waals surface area contributed by atoms with Gasteiger partial charge < -0.3 is 5.73 Å². The molecule has 0 saturated carbocycles. The molecule has 3 heteroatoms. The minimum absolute atomic E-state index is 0.0752. The van der Waals surface area contributed by atoms with Gasteiger partial charge in [0.15, 0.2) is 5.43 Å². The lowest BCUT2D eigenvalue weighted by Gasteiger charge is -1.98. The van der Waals surface area contributed by atoms with E-state index in [0.29, 0.717) is 5.69 Å². The van der Waals surface area contributed by atoms with Crippen molar-refractivity contribution in [2.45, 2.75) is 6.92 Å². The molecule has 1 aromatic carbocycles. The SMILES string of the molecule is Cc1cc(=O)c2ccc(N)cc2s1. The second-order valence-corrected chi connectivity index (χ2v) is 4.26. The summed E-state index contributed by atoms with van der Waals surface area (Å²) in [6.07, 6.45) is 0. The zero-order chi connectivity index (χ0) is 9.42. The van der Waals surface area contributed by atoms with Crippen molar-refractivity contribution in [3.63, 3.8) is 0 Å². The van der Waals surface area contributed by atoms with Crippen molar-refractivity contribution in [2.24, 2.45) is 0 Å². The summed E-state index contributed by atoms with van der Waals surface area (Å²) in [5.74, 6) is 0. The first kappa shape index (κ1) is 8.26. The highest BCUT2D eigenvalue weighted by Gasteiger charge is 1.99. The van der Waals surface area contributed by atoms with Gasteiger partial charge in [0.25, 0.3) is 0 Å². The van der Waals surface area contributed by atoms with Crippen LogP contribution < -0.4 is 11.2 Å². The van der Waals surface area contributed by atoms with E-state index in [2.05, 4.69) is 0 Å². The smallest absolute Gasteiger partial charge is 0.188 e. The second-order valence-electron chi connectivity index (χ2n) is 2.98. The van der Waals surface area contributed by atoms with Crippen LogP contribution in [0.4, 0.5) is 5.69 Å². The highest BCUT2D eigenvalue weighted by Crippen LogP contribution is 2.20. The summed E-state index contributed by atoms with van der Waals surface area (Å²) < 4.78 is 0.963. The van der Waals surface area contributed by atoms with E-state index in [1.807, 2.05) is 13.0 Å². The molecule has 0 bridgehead atoms. The van der Waals surface area contributed by atoms with Gasteiger partial charge in [-0.25, -0.2) is 0 Å². The monoisotopic (exact) mass is 191 g/mol. The fourth-order valence-corrected chi connectivity index (χ4v) is 2.28. The molecule has 0 aliphatic carbocycles. The molecule has 0 aliphatic rings. The van der Waals surface area contributed by atoms with Crippen molar-refractivity contribution in [1.82, 2.24) is 0 Å². The largest absolute Gasteiger partial charge is 0.399 e. The maximum Gasteiger partial charge on any atom is 0.188 e. The van der Waals surface area contributed by atoms with E-state index in [1.165, 1.54) is 0 Å². The van der Waals surface area contributed by atoms with Gasteiger partial charge in [0.05, 0.1) is 0 Å². The van der Waals surface area contributed by atoms with Gasteiger partial charge in [0.1, 0.15) is 0 Å². The van der Waals surface area contributed by atoms with Crippen LogP contribution in [0.25, 0.3) is 10.1 Å². The number of aryl methyl sites for hydroxylation is 1. The van der Waals surface area contributed by atoms with Crippen LogP contribution >= 0.6 is 11.3 Å². The molecule has 66 valence electrons. The molecular formula is C10H9NOS. The normalized spacial score (nSPS) is 10.5. The quantitative estimate of drug-likeness (QED) is 0.648. The fourth-order valence-electron chi connectivity index (χ4n) is 1.29. The van der Waals surface area contributed by atoms with Crippen molar-refractivity contribution in [2.75, 3.05) is 5.73 Å². The van der Waals surface area contributed by atoms with Crippen molar-refractivity contribution in [3.05, 3.63) is 39.4 Å². The Balaban J connectivity index is 2.95. The predicted octanol–water partition coefficient (Wildman–Crippen LogP) is 2.15. The zero-order valence-electron chi connectivity index (χ0n) is 7.20. The Morgan fingerprint density at radius 2 is 2.08 bits per heavy atom. The molecular weight excluding hydrogens is 182 g/mol. The Morgan fingerprint density at radius 1 is 1.31 bits per heavy atom. The molecule has 0 amide bonds. The van der Waals surface area contributed by atoms with E-state index in [1.54, 1.807) is 29.5 Å². The average molecular weight is 191 g/mol. The first-order valence-electron chi connectivity index (χ1n) is 3.97. The summed E-state index contributed by atoms with van der Waals surface area (Å²) >= 11 is 1.59. The Bertz CT molecular complexity index is 511. The Hall–Kier alpha value is -1.35. The summed E-state index contributed by atoms with van der Waals surface area (Å²) in [5.41, 5.74) is 6.41. The van der Waals surface area contributed by atoms with Crippen LogP contribution in [0.1, 0.15) is 4.88 Å². The molecule has 2 aromatic rings. The van der Waals surface area contributed by atoms with Crippen LogP contribution in [-0.2, 0) is 0 Å². The third-order valence-electron chi connectivity index (χ3n) is 1.88. The van der Waals surface area contributed by atoms with Crippen molar-refractivity contribution < 1.29 is 0 Å². The summed E-state index contributed by atoms with van der Waals surface area (Å²) in [5, 5.41) is 0.754. The number of rotatable bonds is 0. The second kappa shape index (κ2) is 2.85. The van der Waals surface area contributed by atoms with E-state index in [-0.39, 0.29) is 5.43 Å². The molecule has 2 N–H and O–H groups in total. The maximum absolute atomic E-state index is 11.5. The molecule has 13 heavy (non-hydrogen) atoms. The molecule has 0 fully saturated rings. The van der Waals surface area contributed by atoms with Gasteiger partial charge in [-0.2, -0.15) is 0 Å². The van der Waals surface area contributed by atoms with Gasteiger partial charge in [-0.3, -0.25) is 4.79 Å². The molecule has 0 unspecified atom stereocenters. The Morgan fingerprint density at radius 3 is 2.85 bits per heavy atom. The summed E-state index contributed by atoms with van der Waals surface area (Å²) in [6, 6.07) is 7.03. The summed E-state index contributed by atoms with van der Waals surface area (Å²) in [7, 11) is 0. The maximum atomic E-state index is 11.5. The standard InChI is InChI=1S/C10H9NOS/c1-6-4-9(12)8-3-2-7(11)5-10(8)13-6/h2-5H,11H2,1H3. The third-order valence-corrected chi connectivity index (χ3v) is 2.87. The molecule has 0 aliphatic heterocycles. The number of anilines is 1. The predicted molar refractivity (Wildman–Crippen MR) is 57.2 cm³/mol. The van der Waals surface area contributed by atoms with Crippen LogP contribution in [0.2, 0.25) is 0 Å². The van der Waals surface area contributed by atoms with Crippen LogP contribution in [0, 0.1) is 6.92 Å². The van der Waals surface area contributed by atoms with Crippen LogP contribution in [0.3, 0.4) is 0 Å². The minimum atomic E-state index is 0.0752. The highest BCUT2D eigenvalue weighted by molar-refractivity contribution is 7.18. The van der Waals surface area contributed by atoms with Gasteiger partial charge in [-0.05, 0) is 31.2 Å². The number of nitrogen functional groups attached to an aromatic ring is 1. The molecule has 0 spiro atoms. The van der Waals surface area contributed by atoms with Crippen LogP contribution in [0.5, 0.6) is 0 Å². The fraction of sp³-hybridized carbons (Fsp3) is 0.100. The van der Waals surface area contributed by atoms with E-state index in [9.17, 15) is 4.79 Å². The lowest BCUT2D eigenvalue weighted by Crippen LogP contribution is -1.98. The molecule has 0 radical (unpaired) electrons. The first-order chi connectivity index (χ1) is 6.16. The first-order valence-corrected chi connectivity index (χ1v) is 4.78. The van der Waals surface area contributed by atoms with Gasteiger partial charge in [0.2, 0.25) is 0 Å². The zero-order valence-corrected chi connectivity index (χ0v) is 8.02. The third kappa shape index (κ3) is 1.42. The number of fused-ring (bicyclic) bond motifs is 1. The van der Waals surface area contributed by atoms with Crippen molar-refractivity contribution >= 4 is 27.1 Å². The van der Waals surface area contributed by atoms with E-state index < -0.39 is 0 Å². The van der Waals surface area contributed by atoms with Gasteiger partial charge in [0, 0.05) is 20.7 Å². The van der Waals surface area contributed by atoms with Gasteiger partial charge in [-0.15, -0.1) is 11.3 Å². The molecule has 0 atom stereocenters. The van der Waals surface area contributed by atoms with Crippen LogP contribution in [0.15, 0.2) is 29.1 Å². The molecule has 1 heterocycles. The molecule has 2 rings (SSSR count). The van der Waals surface area contributed by atoms with E-state index in [0.717, 1.165) is 15.0 Å². The molecule has 1 aromatic heterocycles. The Kier molecular flexibility index (Phi) is 1.81. The molecule has 2 nitrogen and oxygen atoms in total. The number of hydrogen-bond donors (Lipinski definition) is 1. The number of nitrogens with two attached hydrogens (primary N) is 1.